The van der Waals surface area contributed by atoms with Crippen LogP contribution < -0.4 is 5.32 Å². The SMILES string of the molecule is O=C(Cc1ccc(Cl)cc1)N[C@@H](CN1CCOCC1)c1ccccc1. The second-order valence-corrected chi connectivity index (χ2v) is 6.68. The van der Waals surface area contributed by atoms with Gasteiger partial charge in [0.15, 0.2) is 0 Å². The number of benzene rings is 2. The summed E-state index contributed by atoms with van der Waals surface area (Å²) in [6, 6.07) is 17.5. The van der Waals surface area contributed by atoms with Gasteiger partial charge in [0.25, 0.3) is 0 Å². The lowest BCUT2D eigenvalue weighted by Crippen LogP contribution is -2.43. The van der Waals surface area contributed by atoms with Gasteiger partial charge >= 0.3 is 0 Å². The number of rotatable bonds is 6. The number of ether oxygens (including phenoxy) is 1. The van der Waals surface area contributed by atoms with Crippen LogP contribution in [0.2, 0.25) is 5.02 Å². The first-order chi connectivity index (χ1) is 12.2. The third kappa shape index (κ3) is 5.56. The highest BCUT2D eigenvalue weighted by molar-refractivity contribution is 6.30. The zero-order valence-corrected chi connectivity index (χ0v) is 14.9. The average Bonchev–Trinajstić information content (AvgIpc) is 2.65. The number of morpholine rings is 1. The van der Waals surface area contributed by atoms with Crippen molar-refractivity contribution in [3.63, 3.8) is 0 Å². The molecule has 132 valence electrons. The summed E-state index contributed by atoms with van der Waals surface area (Å²) in [5.74, 6) is 0.0180. The molecule has 0 bridgehead atoms. The molecule has 1 atom stereocenters. The van der Waals surface area contributed by atoms with Crippen molar-refractivity contribution in [2.75, 3.05) is 32.8 Å². The first kappa shape index (κ1) is 17.9. The number of hydrogen-bond acceptors (Lipinski definition) is 3. The highest BCUT2D eigenvalue weighted by Gasteiger charge is 2.20. The minimum Gasteiger partial charge on any atom is -0.379 e. The summed E-state index contributed by atoms with van der Waals surface area (Å²) in [4.78, 5) is 14.9. The normalized spacial score (nSPS) is 16.4. The Morgan fingerprint density at radius 3 is 2.44 bits per heavy atom. The van der Waals surface area contributed by atoms with Crippen molar-refractivity contribution in [1.82, 2.24) is 10.2 Å². The van der Waals surface area contributed by atoms with E-state index in [0.717, 1.165) is 44.0 Å². The van der Waals surface area contributed by atoms with E-state index in [1.54, 1.807) is 0 Å². The number of nitrogens with one attached hydrogen (secondary N) is 1. The maximum atomic E-state index is 12.5. The van der Waals surface area contributed by atoms with Gasteiger partial charge in [-0.05, 0) is 23.3 Å². The Morgan fingerprint density at radius 1 is 1.08 bits per heavy atom. The molecule has 25 heavy (non-hydrogen) atoms. The highest BCUT2D eigenvalue weighted by Crippen LogP contribution is 2.16. The number of amides is 1. The monoisotopic (exact) mass is 358 g/mol. The first-order valence-electron chi connectivity index (χ1n) is 8.59. The smallest absolute Gasteiger partial charge is 0.224 e. The van der Waals surface area contributed by atoms with Gasteiger partial charge in [-0.2, -0.15) is 0 Å². The Hall–Kier alpha value is -1.88. The fourth-order valence-corrected chi connectivity index (χ4v) is 3.12. The van der Waals surface area contributed by atoms with E-state index in [1.165, 1.54) is 0 Å². The van der Waals surface area contributed by atoms with Crippen LogP contribution in [0.5, 0.6) is 0 Å². The van der Waals surface area contributed by atoms with E-state index in [2.05, 4.69) is 22.3 Å². The van der Waals surface area contributed by atoms with Crippen molar-refractivity contribution >= 4 is 17.5 Å². The van der Waals surface area contributed by atoms with Crippen molar-refractivity contribution in [2.24, 2.45) is 0 Å². The quantitative estimate of drug-likeness (QED) is 0.862. The Kier molecular flexibility index (Phi) is 6.45. The molecular weight excluding hydrogens is 336 g/mol. The summed E-state index contributed by atoms with van der Waals surface area (Å²) in [6.45, 7) is 4.09. The van der Waals surface area contributed by atoms with Crippen LogP contribution in [0.4, 0.5) is 0 Å². The fraction of sp³-hybridized carbons (Fsp3) is 0.350. The Bertz CT molecular complexity index is 670. The number of carbonyl (C=O) groups excluding carboxylic acids is 1. The van der Waals surface area contributed by atoms with Crippen LogP contribution in [0.15, 0.2) is 54.6 Å². The number of nitrogens with zero attached hydrogens (tertiary/aromatic N) is 1. The van der Waals surface area contributed by atoms with Crippen LogP contribution in [-0.4, -0.2) is 43.7 Å². The molecule has 0 radical (unpaired) electrons. The molecular formula is C20H23ClN2O2. The van der Waals surface area contributed by atoms with E-state index >= 15 is 0 Å². The summed E-state index contributed by atoms with van der Waals surface area (Å²) >= 11 is 5.90. The molecule has 0 aliphatic carbocycles. The molecule has 2 aromatic rings. The lowest BCUT2D eigenvalue weighted by molar-refractivity contribution is -0.121. The molecule has 1 saturated heterocycles. The fourth-order valence-electron chi connectivity index (χ4n) is 2.99. The lowest BCUT2D eigenvalue weighted by Gasteiger charge is -2.31. The Labute approximate surface area is 153 Å². The van der Waals surface area contributed by atoms with Crippen LogP contribution in [0.3, 0.4) is 0 Å². The van der Waals surface area contributed by atoms with E-state index < -0.39 is 0 Å². The highest BCUT2D eigenvalue weighted by atomic mass is 35.5. The van der Waals surface area contributed by atoms with Gasteiger partial charge in [-0.1, -0.05) is 54.1 Å². The van der Waals surface area contributed by atoms with E-state index in [4.69, 9.17) is 16.3 Å². The molecule has 1 aliphatic heterocycles. The molecule has 0 unspecified atom stereocenters. The zero-order valence-electron chi connectivity index (χ0n) is 14.2. The molecule has 1 aliphatic rings. The zero-order chi connectivity index (χ0) is 17.5. The molecule has 0 aromatic heterocycles. The summed E-state index contributed by atoms with van der Waals surface area (Å²) in [7, 11) is 0. The number of hydrogen-bond donors (Lipinski definition) is 1. The van der Waals surface area contributed by atoms with E-state index in [1.807, 2.05) is 42.5 Å². The van der Waals surface area contributed by atoms with Crippen LogP contribution in [0.1, 0.15) is 17.2 Å². The molecule has 1 fully saturated rings. The maximum absolute atomic E-state index is 12.5. The van der Waals surface area contributed by atoms with Gasteiger partial charge in [-0.25, -0.2) is 0 Å². The van der Waals surface area contributed by atoms with Crippen molar-refractivity contribution in [3.05, 3.63) is 70.7 Å². The predicted molar refractivity (Wildman–Crippen MR) is 99.7 cm³/mol. The molecule has 1 amide bonds. The van der Waals surface area contributed by atoms with Gasteiger partial charge in [0.05, 0.1) is 25.7 Å². The minimum absolute atomic E-state index is 0.0180. The van der Waals surface area contributed by atoms with Crippen LogP contribution >= 0.6 is 11.6 Å². The minimum atomic E-state index is -0.0286. The first-order valence-corrected chi connectivity index (χ1v) is 8.97. The van der Waals surface area contributed by atoms with Gasteiger partial charge in [0, 0.05) is 24.7 Å². The Balaban J connectivity index is 1.65. The molecule has 1 heterocycles. The predicted octanol–water partition coefficient (Wildman–Crippen LogP) is 3.07. The van der Waals surface area contributed by atoms with Gasteiger partial charge in [-0.15, -0.1) is 0 Å². The molecule has 5 heteroatoms. The van der Waals surface area contributed by atoms with Crippen molar-refractivity contribution in [1.29, 1.82) is 0 Å². The van der Waals surface area contributed by atoms with Crippen LogP contribution in [0.25, 0.3) is 0 Å². The van der Waals surface area contributed by atoms with E-state index in [9.17, 15) is 4.79 Å². The maximum Gasteiger partial charge on any atom is 0.224 e. The summed E-state index contributed by atoms with van der Waals surface area (Å²) in [5, 5.41) is 3.87. The molecule has 2 aromatic carbocycles. The molecule has 0 saturated carbocycles. The standard InChI is InChI=1S/C20H23ClN2O2/c21-18-8-6-16(7-9-18)14-20(24)22-19(17-4-2-1-3-5-17)15-23-10-12-25-13-11-23/h1-9,19H,10-15H2,(H,22,24)/t19-/m0/s1. The molecule has 0 spiro atoms. The van der Waals surface area contributed by atoms with Gasteiger partial charge < -0.3 is 10.1 Å². The second-order valence-electron chi connectivity index (χ2n) is 6.25. The summed E-state index contributed by atoms with van der Waals surface area (Å²) in [6.07, 6.45) is 0.351. The molecule has 4 nitrogen and oxygen atoms in total. The average molecular weight is 359 g/mol. The molecule has 3 rings (SSSR count). The van der Waals surface area contributed by atoms with Crippen molar-refractivity contribution < 1.29 is 9.53 Å². The van der Waals surface area contributed by atoms with Crippen LogP contribution in [0, 0.1) is 0 Å². The van der Waals surface area contributed by atoms with Gasteiger partial charge in [0.2, 0.25) is 5.91 Å². The lowest BCUT2D eigenvalue weighted by atomic mass is 10.1. The van der Waals surface area contributed by atoms with Gasteiger partial charge in [0.1, 0.15) is 0 Å². The third-order valence-electron chi connectivity index (χ3n) is 4.36. The molecule has 1 N–H and O–H groups in total. The largest absolute Gasteiger partial charge is 0.379 e. The Morgan fingerprint density at radius 2 is 1.76 bits per heavy atom. The van der Waals surface area contributed by atoms with Crippen molar-refractivity contribution in [2.45, 2.75) is 12.5 Å². The number of carbonyl (C=O) groups is 1. The van der Waals surface area contributed by atoms with Gasteiger partial charge in [-0.3, -0.25) is 9.69 Å². The van der Waals surface area contributed by atoms with E-state index in [0.29, 0.717) is 11.4 Å². The number of halogens is 1. The topological polar surface area (TPSA) is 41.6 Å². The van der Waals surface area contributed by atoms with Crippen molar-refractivity contribution in [3.8, 4) is 0 Å². The second kappa shape index (κ2) is 8.99. The third-order valence-corrected chi connectivity index (χ3v) is 4.61. The summed E-state index contributed by atoms with van der Waals surface area (Å²) < 4.78 is 5.42. The summed E-state index contributed by atoms with van der Waals surface area (Å²) in [5.41, 5.74) is 2.08. The van der Waals surface area contributed by atoms with Crippen LogP contribution in [-0.2, 0) is 16.0 Å². The van der Waals surface area contributed by atoms with E-state index in [-0.39, 0.29) is 11.9 Å².